The van der Waals surface area contributed by atoms with Crippen LogP contribution in [-0.2, 0) is 0 Å². The number of nitro benzene ring substituents is 1. The van der Waals surface area contributed by atoms with Gasteiger partial charge in [-0.1, -0.05) is 41.0 Å². The normalized spacial score (nSPS) is 16.4. The van der Waals surface area contributed by atoms with E-state index in [-0.39, 0.29) is 17.8 Å². The second kappa shape index (κ2) is 12.0. The molecule has 2 unspecified atom stereocenters. The first-order valence-corrected chi connectivity index (χ1v) is 15.4. The molecule has 3 heterocycles. The van der Waals surface area contributed by atoms with Crippen molar-refractivity contribution in [3.63, 3.8) is 0 Å². The molecule has 0 saturated carbocycles. The fourth-order valence-electron chi connectivity index (χ4n) is 5.52. The summed E-state index contributed by atoms with van der Waals surface area (Å²) in [5, 5.41) is 16.3. The predicted octanol–water partition coefficient (Wildman–Crippen LogP) is 9.03. The Hall–Kier alpha value is -3.89. The maximum atomic E-state index is 11.0. The van der Waals surface area contributed by atoms with Crippen LogP contribution >= 0.6 is 47.2 Å². The highest BCUT2D eigenvalue weighted by molar-refractivity contribution is 7.99. The Labute approximate surface area is 268 Å². The van der Waals surface area contributed by atoms with Gasteiger partial charge in [0.2, 0.25) is 0 Å². The van der Waals surface area contributed by atoms with Gasteiger partial charge in [0.05, 0.1) is 33.4 Å². The fourth-order valence-corrected chi connectivity index (χ4v) is 7.17. The molecule has 2 aromatic heterocycles. The molecule has 0 radical (unpaired) electrons. The number of non-ortho nitro benzene ring substituents is 1. The van der Waals surface area contributed by atoms with E-state index in [4.69, 9.17) is 35.4 Å². The van der Waals surface area contributed by atoms with Crippen molar-refractivity contribution in [3.05, 3.63) is 140 Å². The van der Waals surface area contributed by atoms with Crippen LogP contribution < -0.4 is 10.2 Å². The minimum atomic E-state index is -0.397. The van der Waals surface area contributed by atoms with Crippen molar-refractivity contribution < 1.29 is 4.92 Å². The molecule has 0 amide bonds. The van der Waals surface area contributed by atoms with Crippen LogP contribution in [0.2, 0.25) is 10.0 Å². The number of halogens is 2. The Morgan fingerprint density at radius 2 is 1.65 bits per heavy atom. The first kappa shape index (κ1) is 29.2. The van der Waals surface area contributed by atoms with Crippen molar-refractivity contribution in [1.29, 1.82) is 0 Å². The van der Waals surface area contributed by atoms with E-state index in [1.807, 2.05) is 54.6 Å². The van der Waals surface area contributed by atoms with Crippen LogP contribution in [0.15, 0.2) is 107 Å². The largest absolute Gasteiger partial charge is 0.351 e. The van der Waals surface area contributed by atoms with Crippen molar-refractivity contribution in [2.45, 2.75) is 35.7 Å². The number of hydrogen-bond donors (Lipinski definition) is 1. The van der Waals surface area contributed by atoms with Gasteiger partial charge in [-0.15, -0.1) is 0 Å². The average molecular weight is 647 g/mol. The summed E-state index contributed by atoms with van der Waals surface area (Å²) in [6, 6.07) is 27.9. The molecular weight excluding hydrogens is 621 g/mol. The van der Waals surface area contributed by atoms with Crippen LogP contribution in [0.5, 0.6) is 0 Å². The van der Waals surface area contributed by atoms with Gasteiger partial charge in [0.15, 0.2) is 5.11 Å². The second-order valence-electron chi connectivity index (χ2n) is 10.1. The number of aryl methyl sites for hydroxylation is 1. The van der Waals surface area contributed by atoms with E-state index in [0.717, 1.165) is 43.8 Å². The zero-order valence-electron chi connectivity index (χ0n) is 23.1. The number of thiocarbonyl (C=S) groups is 1. The predicted molar refractivity (Wildman–Crippen MR) is 177 cm³/mol. The molecule has 1 fully saturated rings. The minimum Gasteiger partial charge on any atom is -0.351 e. The van der Waals surface area contributed by atoms with Gasteiger partial charge in [-0.2, -0.15) is 0 Å². The third-order valence-electron chi connectivity index (χ3n) is 7.44. The lowest BCUT2D eigenvalue weighted by atomic mass is 9.96. The molecule has 5 aromatic rings. The fraction of sp³-hybridized carbons (Fsp3) is 0.125. The smallest absolute Gasteiger partial charge is 0.269 e. The summed E-state index contributed by atoms with van der Waals surface area (Å²) in [5.74, 6) is 0. The van der Waals surface area contributed by atoms with Crippen molar-refractivity contribution in [3.8, 4) is 5.69 Å². The average Bonchev–Trinajstić information content (AvgIpc) is 3.49. The monoisotopic (exact) mass is 645 g/mol. The Balaban J connectivity index is 1.38. The molecule has 2 atom stereocenters. The van der Waals surface area contributed by atoms with Gasteiger partial charge in [-0.3, -0.25) is 15.1 Å². The molecule has 1 N–H and O–H groups in total. The SMILES string of the molecule is Cc1cc(C2C(c3ccccn3)NC(=S)N2c2ccc(Sc3ccc([N+](=O)[O-])cc3)cc2)c(C)n1-c1ccc(Cl)cc1Cl. The number of rotatable bonds is 7. The maximum absolute atomic E-state index is 11.0. The van der Waals surface area contributed by atoms with Gasteiger partial charge in [0, 0.05) is 50.2 Å². The maximum Gasteiger partial charge on any atom is 0.269 e. The second-order valence-corrected chi connectivity index (χ2v) is 12.5. The van der Waals surface area contributed by atoms with Gasteiger partial charge in [0.1, 0.15) is 0 Å². The number of nitrogens with zero attached hydrogens (tertiary/aromatic N) is 4. The quantitative estimate of drug-likeness (QED) is 0.107. The molecule has 1 aliphatic rings. The summed E-state index contributed by atoms with van der Waals surface area (Å²) in [6.07, 6.45) is 1.79. The highest BCUT2D eigenvalue weighted by atomic mass is 35.5. The van der Waals surface area contributed by atoms with Crippen LogP contribution in [0.25, 0.3) is 5.69 Å². The summed E-state index contributed by atoms with van der Waals surface area (Å²) in [4.78, 5) is 19.4. The Morgan fingerprint density at radius 1 is 0.953 bits per heavy atom. The van der Waals surface area contributed by atoms with E-state index in [0.29, 0.717) is 15.2 Å². The van der Waals surface area contributed by atoms with Crippen molar-refractivity contribution in [2.24, 2.45) is 0 Å². The summed E-state index contributed by atoms with van der Waals surface area (Å²) in [7, 11) is 0. The van der Waals surface area contributed by atoms with Crippen LogP contribution in [0.3, 0.4) is 0 Å². The van der Waals surface area contributed by atoms with Crippen molar-refractivity contribution in [1.82, 2.24) is 14.9 Å². The van der Waals surface area contributed by atoms with Gasteiger partial charge < -0.3 is 14.8 Å². The first-order chi connectivity index (χ1) is 20.7. The molecular formula is C32H25Cl2N5O2S2. The van der Waals surface area contributed by atoms with E-state index >= 15 is 0 Å². The molecule has 3 aromatic carbocycles. The highest BCUT2D eigenvalue weighted by Crippen LogP contribution is 2.44. The summed E-state index contributed by atoms with van der Waals surface area (Å²) < 4.78 is 2.15. The number of pyridine rings is 1. The summed E-state index contributed by atoms with van der Waals surface area (Å²) >= 11 is 20.3. The van der Waals surface area contributed by atoms with Crippen LogP contribution in [-0.4, -0.2) is 19.6 Å². The number of hydrogen-bond acceptors (Lipinski definition) is 5. The number of nitro groups is 1. The molecule has 0 aliphatic carbocycles. The molecule has 43 heavy (non-hydrogen) atoms. The molecule has 0 spiro atoms. The van der Waals surface area contributed by atoms with Crippen LogP contribution in [0.1, 0.15) is 34.7 Å². The number of nitrogens with one attached hydrogen (secondary N) is 1. The van der Waals surface area contributed by atoms with Gasteiger partial charge in [-0.05, 0) is 104 Å². The lowest BCUT2D eigenvalue weighted by molar-refractivity contribution is -0.384. The van der Waals surface area contributed by atoms with E-state index in [1.165, 1.54) is 23.9 Å². The van der Waals surface area contributed by atoms with Crippen LogP contribution in [0, 0.1) is 24.0 Å². The van der Waals surface area contributed by atoms with E-state index in [1.54, 1.807) is 24.4 Å². The van der Waals surface area contributed by atoms with Crippen molar-refractivity contribution in [2.75, 3.05) is 4.90 Å². The molecule has 1 aliphatic heterocycles. The van der Waals surface area contributed by atoms with Gasteiger partial charge in [-0.25, -0.2) is 0 Å². The zero-order chi connectivity index (χ0) is 30.2. The third kappa shape index (κ3) is 5.73. The standard InChI is InChI=1S/C32H25Cl2N5O2S2/c1-19-17-26(20(2)37(19)29-15-6-21(33)18-27(29)34)31-30(28-5-3-4-16-35-28)36-32(42)38(31)22-7-11-24(12-8-22)43-25-13-9-23(10-14-25)39(40)41/h3-18,30-31H,1-2H3,(H,36,42). The lowest BCUT2D eigenvalue weighted by Crippen LogP contribution is -2.29. The Morgan fingerprint density at radius 3 is 2.28 bits per heavy atom. The highest BCUT2D eigenvalue weighted by Gasteiger charge is 2.42. The number of benzene rings is 3. The molecule has 11 heteroatoms. The van der Waals surface area contributed by atoms with E-state index < -0.39 is 4.92 Å². The molecule has 0 bridgehead atoms. The van der Waals surface area contributed by atoms with Crippen molar-refractivity contribution >= 4 is 63.7 Å². The van der Waals surface area contributed by atoms with E-state index in [2.05, 4.69) is 39.7 Å². The molecule has 216 valence electrons. The zero-order valence-corrected chi connectivity index (χ0v) is 26.2. The summed E-state index contributed by atoms with van der Waals surface area (Å²) in [6.45, 7) is 4.15. The molecule has 1 saturated heterocycles. The Bertz CT molecular complexity index is 1830. The first-order valence-electron chi connectivity index (χ1n) is 13.4. The van der Waals surface area contributed by atoms with Crippen LogP contribution in [0.4, 0.5) is 11.4 Å². The number of aromatic nitrogens is 2. The minimum absolute atomic E-state index is 0.0703. The third-order valence-corrected chi connectivity index (χ3v) is 9.30. The van der Waals surface area contributed by atoms with Gasteiger partial charge >= 0.3 is 0 Å². The molecule has 6 rings (SSSR count). The van der Waals surface area contributed by atoms with Gasteiger partial charge in [0.25, 0.3) is 5.69 Å². The topological polar surface area (TPSA) is 76.2 Å². The van der Waals surface area contributed by atoms with E-state index in [9.17, 15) is 10.1 Å². The number of anilines is 1. The Kier molecular flexibility index (Phi) is 8.15. The lowest BCUT2D eigenvalue weighted by Gasteiger charge is -2.28. The molecule has 7 nitrogen and oxygen atoms in total. The summed E-state index contributed by atoms with van der Waals surface area (Å²) in [5.41, 5.74) is 5.91.